The second kappa shape index (κ2) is 9.77. The van der Waals surface area contributed by atoms with Crippen molar-refractivity contribution in [1.29, 1.82) is 0 Å². The van der Waals surface area contributed by atoms with Crippen molar-refractivity contribution in [3.05, 3.63) is 66.4 Å². The quantitative estimate of drug-likeness (QED) is 0.526. The number of furan rings is 1. The zero-order valence-corrected chi connectivity index (χ0v) is 19.1. The monoisotopic (exact) mass is 456 g/mol. The lowest BCUT2D eigenvalue weighted by molar-refractivity contribution is 0.0899. The molecule has 2 aromatic carbocycles. The summed E-state index contributed by atoms with van der Waals surface area (Å²) in [6.45, 7) is 6.23. The Morgan fingerprint density at radius 1 is 0.969 bits per heavy atom. The third-order valence-electron chi connectivity index (χ3n) is 5.38. The number of hydrogen-bond acceptors (Lipinski definition) is 6. The Bertz CT molecular complexity index is 1140. The van der Waals surface area contributed by atoms with Crippen LogP contribution in [0.3, 0.4) is 0 Å². The molecule has 0 radical (unpaired) electrons. The van der Waals surface area contributed by atoms with Gasteiger partial charge in [0.1, 0.15) is 24.2 Å². The van der Waals surface area contributed by atoms with Crippen molar-refractivity contribution in [3.8, 4) is 22.8 Å². The van der Waals surface area contributed by atoms with Crippen molar-refractivity contribution in [3.63, 3.8) is 0 Å². The first-order valence-electron chi connectivity index (χ1n) is 10.8. The summed E-state index contributed by atoms with van der Waals surface area (Å²) in [6, 6.07) is 18.3. The number of hydrogen-bond donors (Lipinski definition) is 1. The number of para-hydroxylation sites is 2. The predicted octanol–water partition coefficient (Wildman–Crippen LogP) is 3.91. The Morgan fingerprint density at radius 3 is 2.41 bits per heavy atom. The molecule has 0 bridgehead atoms. The van der Waals surface area contributed by atoms with Gasteiger partial charge in [-0.1, -0.05) is 26.0 Å². The van der Waals surface area contributed by atoms with Crippen LogP contribution >= 0.6 is 0 Å². The van der Waals surface area contributed by atoms with Gasteiger partial charge >= 0.3 is 0 Å². The van der Waals surface area contributed by atoms with Crippen LogP contribution in [-0.2, 0) is 16.6 Å². The van der Waals surface area contributed by atoms with Gasteiger partial charge < -0.3 is 19.2 Å². The molecule has 1 N–H and O–H groups in total. The van der Waals surface area contributed by atoms with Crippen molar-refractivity contribution < 1.29 is 22.3 Å². The SMILES string of the molecule is CCN(CC)S(=O)(=O)c1ccc(-c2ccc(CNCC3COc4ccccc4O3)o2)cc1. The van der Waals surface area contributed by atoms with Crippen LogP contribution in [0.4, 0.5) is 0 Å². The summed E-state index contributed by atoms with van der Waals surface area (Å²) in [4.78, 5) is 0.287. The number of rotatable bonds is 9. The molecule has 0 spiro atoms. The zero-order valence-electron chi connectivity index (χ0n) is 18.3. The lowest BCUT2D eigenvalue weighted by Gasteiger charge is -2.26. The second-order valence-electron chi connectivity index (χ2n) is 7.51. The lowest BCUT2D eigenvalue weighted by Crippen LogP contribution is -2.38. The van der Waals surface area contributed by atoms with Crippen molar-refractivity contribution in [1.82, 2.24) is 9.62 Å². The first kappa shape index (κ1) is 22.4. The number of sulfonamides is 1. The molecule has 0 saturated heterocycles. The van der Waals surface area contributed by atoms with Gasteiger partial charge in [-0.05, 0) is 48.5 Å². The average molecular weight is 457 g/mol. The zero-order chi connectivity index (χ0) is 22.6. The van der Waals surface area contributed by atoms with Crippen LogP contribution in [0.25, 0.3) is 11.3 Å². The highest BCUT2D eigenvalue weighted by molar-refractivity contribution is 7.89. The van der Waals surface area contributed by atoms with E-state index in [4.69, 9.17) is 13.9 Å². The second-order valence-corrected chi connectivity index (χ2v) is 9.45. The van der Waals surface area contributed by atoms with Crippen LogP contribution in [0.2, 0.25) is 0 Å². The molecular formula is C24H28N2O5S. The number of fused-ring (bicyclic) bond motifs is 1. The van der Waals surface area contributed by atoms with Crippen LogP contribution in [0, 0.1) is 0 Å². The van der Waals surface area contributed by atoms with E-state index in [-0.39, 0.29) is 11.0 Å². The molecule has 1 aliphatic heterocycles. The maximum absolute atomic E-state index is 12.6. The van der Waals surface area contributed by atoms with Gasteiger partial charge in [-0.25, -0.2) is 8.42 Å². The third kappa shape index (κ3) is 4.82. The molecule has 1 atom stereocenters. The number of benzene rings is 2. The van der Waals surface area contributed by atoms with E-state index in [1.54, 1.807) is 24.3 Å². The van der Waals surface area contributed by atoms with E-state index in [0.29, 0.717) is 38.5 Å². The highest BCUT2D eigenvalue weighted by Crippen LogP contribution is 2.30. The van der Waals surface area contributed by atoms with Gasteiger partial charge in [-0.3, -0.25) is 0 Å². The summed E-state index contributed by atoms with van der Waals surface area (Å²) < 4.78 is 44.3. The van der Waals surface area contributed by atoms with Gasteiger partial charge in [0.05, 0.1) is 11.4 Å². The fourth-order valence-electron chi connectivity index (χ4n) is 3.65. The summed E-state index contributed by atoms with van der Waals surface area (Å²) in [5.41, 5.74) is 0.829. The van der Waals surface area contributed by atoms with Crippen molar-refractivity contribution in [2.45, 2.75) is 31.4 Å². The highest BCUT2D eigenvalue weighted by Gasteiger charge is 2.22. The normalized spacial score (nSPS) is 15.8. The fraction of sp³-hybridized carbons (Fsp3) is 0.333. The molecule has 7 nitrogen and oxygen atoms in total. The average Bonchev–Trinajstić information content (AvgIpc) is 3.29. The smallest absolute Gasteiger partial charge is 0.243 e. The minimum Gasteiger partial charge on any atom is -0.486 e. The molecule has 1 aromatic heterocycles. The number of nitrogens with zero attached hydrogens (tertiary/aromatic N) is 1. The Morgan fingerprint density at radius 2 is 1.69 bits per heavy atom. The van der Waals surface area contributed by atoms with E-state index in [1.165, 1.54) is 4.31 Å². The highest BCUT2D eigenvalue weighted by atomic mass is 32.2. The van der Waals surface area contributed by atoms with E-state index < -0.39 is 10.0 Å². The third-order valence-corrected chi connectivity index (χ3v) is 7.45. The fourth-order valence-corrected chi connectivity index (χ4v) is 5.11. The van der Waals surface area contributed by atoms with Crippen LogP contribution in [-0.4, -0.2) is 45.1 Å². The first-order chi connectivity index (χ1) is 15.5. The molecule has 170 valence electrons. The summed E-state index contributed by atoms with van der Waals surface area (Å²) in [5, 5.41) is 3.34. The summed E-state index contributed by atoms with van der Waals surface area (Å²) in [5.74, 6) is 3.02. The molecule has 4 rings (SSSR count). The standard InChI is InChI=1S/C24H28N2O5S/c1-3-26(4-2)32(27,28)21-12-9-18(10-13-21)22-14-11-19(30-22)15-25-16-20-17-29-23-7-5-6-8-24(23)31-20/h5-14,20,25H,3-4,15-17H2,1-2H3. The maximum atomic E-state index is 12.6. The minimum absolute atomic E-state index is 0.0698. The van der Waals surface area contributed by atoms with Gasteiger partial charge in [0.25, 0.3) is 0 Å². The van der Waals surface area contributed by atoms with Gasteiger partial charge in [-0.15, -0.1) is 0 Å². The molecule has 0 aliphatic carbocycles. The molecule has 8 heteroatoms. The Balaban J connectivity index is 1.33. The Kier molecular flexibility index (Phi) is 6.83. The summed E-state index contributed by atoms with van der Waals surface area (Å²) in [7, 11) is -3.47. The minimum atomic E-state index is -3.47. The van der Waals surface area contributed by atoms with Gasteiger partial charge in [0.15, 0.2) is 11.5 Å². The van der Waals surface area contributed by atoms with Gasteiger partial charge in [0.2, 0.25) is 10.0 Å². The molecule has 3 aromatic rings. The van der Waals surface area contributed by atoms with E-state index in [2.05, 4.69) is 5.32 Å². The van der Waals surface area contributed by atoms with Crippen LogP contribution in [0.15, 0.2) is 70.0 Å². The van der Waals surface area contributed by atoms with E-state index in [9.17, 15) is 8.42 Å². The molecule has 0 amide bonds. The molecule has 1 unspecified atom stereocenters. The van der Waals surface area contributed by atoms with Gasteiger partial charge in [-0.2, -0.15) is 4.31 Å². The van der Waals surface area contributed by atoms with E-state index in [0.717, 1.165) is 22.8 Å². The topological polar surface area (TPSA) is 81.0 Å². The predicted molar refractivity (Wildman–Crippen MR) is 122 cm³/mol. The maximum Gasteiger partial charge on any atom is 0.243 e. The Hall–Kier alpha value is -2.81. The lowest BCUT2D eigenvalue weighted by atomic mass is 10.2. The summed E-state index contributed by atoms with van der Waals surface area (Å²) >= 11 is 0. The van der Waals surface area contributed by atoms with Crippen molar-refractivity contribution >= 4 is 10.0 Å². The molecule has 0 saturated carbocycles. The van der Waals surface area contributed by atoms with E-state index >= 15 is 0 Å². The largest absolute Gasteiger partial charge is 0.486 e. The van der Waals surface area contributed by atoms with Crippen LogP contribution in [0.1, 0.15) is 19.6 Å². The Labute approximate surface area is 189 Å². The van der Waals surface area contributed by atoms with Crippen LogP contribution < -0.4 is 14.8 Å². The molecular weight excluding hydrogens is 428 g/mol. The number of ether oxygens (including phenoxy) is 2. The summed E-state index contributed by atoms with van der Waals surface area (Å²) in [6.07, 6.45) is -0.0698. The molecule has 32 heavy (non-hydrogen) atoms. The van der Waals surface area contributed by atoms with Crippen molar-refractivity contribution in [2.24, 2.45) is 0 Å². The van der Waals surface area contributed by atoms with E-state index in [1.807, 2.05) is 50.2 Å². The van der Waals surface area contributed by atoms with Crippen molar-refractivity contribution in [2.75, 3.05) is 26.2 Å². The molecule has 0 fully saturated rings. The molecule has 2 heterocycles. The first-order valence-corrected chi connectivity index (χ1v) is 12.2. The molecule has 1 aliphatic rings. The number of nitrogens with one attached hydrogen (secondary N) is 1. The van der Waals surface area contributed by atoms with Gasteiger partial charge in [0, 0.05) is 25.2 Å². The van der Waals surface area contributed by atoms with Crippen LogP contribution in [0.5, 0.6) is 11.5 Å².